The molecular formula is C14H18F3NO2. The molecule has 3 nitrogen and oxygen atoms in total. The van der Waals surface area contributed by atoms with Crippen molar-refractivity contribution in [1.82, 2.24) is 5.32 Å². The zero-order valence-electron chi connectivity index (χ0n) is 11.6. The second-order valence-corrected chi connectivity index (χ2v) is 5.84. The van der Waals surface area contributed by atoms with Gasteiger partial charge >= 0.3 is 0 Å². The SMILES string of the molecule is CC(C)(C)CC(CO)NC(=O)c1ccc(F)c(F)c1F. The number of halogens is 3. The summed E-state index contributed by atoms with van der Waals surface area (Å²) in [5.41, 5.74) is -0.746. The Hall–Kier alpha value is -1.56. The number of carbonyl (C=O) groups excluding carboxylic acids is 1. The highest BCUT2D eigenvalue weighted by Crippen LogP contribution is 2.21. The van der Waals surface area contributed by atoms with Gasteiger partial charge in [-0.2, -0.15) is 0 Å². The molecule has 1 aromatic rings. The van der Waals surface area contributed by atoms with E-state index in [0.29, 0.717) is 12.5 Å². The van der Waals surface area contributed by atoms with E-state index in [4.69, 9.17) is 0 Å². The minimum absolute atomic E-state index is 0.159. The molecule has 1 unspecified atom stereocenters. The second kappa shape index (κ2) is 6.26. The molecular weight excluding hydrogens is 271 g/mol. The topological polar surface area (TPSA) is 49.3 Å². The second-order valence-electron chi connectivity index (χ2n) is 5.84. The molecule has 112 valence electrons. The fraction of sp³-hybridized carbons (Fsp3) is 0.500. The molecule has 2 N–H and O–H groups in total. The first-order chi connectivity index (χ1) is 9.15. The van der Waals surface area contributed by atoms with Crippen molar-refractivity contribution < 1.29 is 23.1 Å². The van der Waals surface area contributed by atoms with Crippen molar-refractivity contribution in [2.45, 2.75) is 33.2 Å². The normalized spacial score (nSPS) is 13.2. The van der Waals surface area contributed by atoms with E-state index in [9.17, 15) is 23.1 Å². The Morgan fingerprint density at radius 1 is 1.25 bits per heavy atom. The van der Waals surface area contributed by atoms with E-state index in [1.165, 1.54) is 0 Å². The Labute approximate surface area is 115 Å². The molecule has 0 aliphatic rings. The average Bonchev–Trinajstić information content (AvgIpc) is 2.33. The third-order valence-electron chi connectivity index (χ3n) is 2.69. The van der Waals surface area contributed by atoms with Gasteiger partial charge in [0.25, 0.3) is 5.91 Å². The number of benzene rings is 1. The van der Waals surface area contributed by atoms with E-state index in [1.54, 1.807) is 0 Å². The number of nitrogens with one attached hydrogen (secondary N) is 1. The van der Waals surface area contributed by atoms with E-state index >= 15 is 0 Å². The summed E-state index contributed by atoms with van der Waals surface area (Å²) in [5, 5.41) is 11.6. The highest BCUT2D eigenvalue weighted by molar-refractivity contribution is 5.94. The molecule has 6 heteroatoms. The lowest BCUT2D eigenvalue weighted by molar-refractivity contribution is 0.0892. The summed E-state index contributed by atoms with van der Waals surface area (Å²) in [7, 11) is 0. The molecule has 0 heterocycles. The molecule has 0 fully saturated rings. The molecule has 1 atom stereocenters. The number of aliphatic hydroxyl groups is 1. The molecule has 0 aliphatic carbocycles. The van der Waals surface area contributed by atoms with Gasteiger partial charge in [0, 0.05) is 0 Å². The average molecular weight is 289 g/mol. The van der Waals surface area contributed by atoms with Crippen molar-refractivity contribution in [2.75, 3.05) is 6.61 Å². The number of aliphatic hydroxyl groups excluding tert-OH is 1. The van der Waals surface area contributed by atoms with Gasteiger partial charge in [-0.05, 0) is 24.0 Å². The summed E-state index contributed by atoms with van der Waals surface area (Å²) >= 11 is 0. The van der Waals surface area contributed by atoms with Crippen LogP contribution < -0.4 is 5.32 Å². The van der Waals surface area contributed by atoms with Crippen molar-refractivity contribution in [3.63, 3.8) is 0 Å². The van der Waals surface area contributed by atoms with Crippen molar-refractivity contribution in [3.05, 3.63) is 35.1 Å². The van der Waals surface area contributed by atoms with E-state index in [-0.39, 0.29) is 12.0 Å². The van der Waals surface area contributed by atoms with Crippen molar-refractivity contribution >= 4 is 5.91 Å². The minimum Gasteiger partial charge on any atom is -0.394 e. The third kappa shape index (κ3) is 4.23. The summed E-state index contributed by atoms with van der Waals surface area (Å²) in [6.45, 7) is 5.42. The van der Waals surface area contributed by atoms with Gasteiger partial charge in [-0.25, -0.2) is 13.2 Å². The molecule has 1 aromatic carbocycles. The van der Waals surface area contributed by atoms with Gasteiger partial charge in [-0.15, -0.1) is 0 Å². The van der Waals surface area contributed by atoms with Gasteiger partial charge in [-0.3, -0.25) is 4.79 Å². The first-order valence-electron chi connectivity index (χ1n) is 6.21. The van der Waals surface area contributed by atoms with Gasteiger partial charge in [0.2, 0.25) is 0 Å². The number of hydrogen-bond donors (Lipinski definition) is 2. The zero-order chi connectivity index (χ0) is 15.5. The lowest BCUT2D eigenvalue weighted by atomic mass is 9.88. The van der Waals surface area contributed by atoms with Crippen LogP contribution in [0.4, 0.5) is 13.2 Å². The Morgan fingerprint density at radius 3 is 2.35 bits per heavy atom. The molecule has 0 saturated heterocycles. The summed E-state index contributed by atoms with van der Waals surface area (Å²) in [6, 6.07) is 0.967. The van der Waals surface area contributed by atoms with E-state index in [1.807, 2.05) is 20.8 Å². The summed E-state index contributed by atoms with van der Waals surface area (Å²) in [4.78, 5) is 11.8. The van der Waals surface area contributed by atoms with Crippen LogP contribution in [-0.2, 0) is 0 Å². The lowest BCUT2D eigenvalue weighted by Gasteiger charge is -2.25. The first-order valence-corrected chi connectivity index (χ1v) is 6.21. The number of hydrogen-bond acceptors (Lipinski definition) is 2. The van der Waals surface area contributed by atoms with E-state index in [0.717, 1.165) is 6.07 Å². The monoisotopic (exact) mass is 289 g/mol. The highest BCUT2D eigenvalue weighted by atomic mass is 19.2. The van der Waals surface area contributed by atoms with Gasteiger partial charge in [0.15, 0.2) is 17.5 Å². The molecule has 0 aromatic heterocycles. The van der Waals surface area contributed by atoms with Crippen molar-refractivity contribution in [3.8, 4) is 0 Å². The number of rotatable bonds is 4. The van der Waals surface area contributed by atoms with Crippen LogP contribution in [0.5, 0.6) is 0 Å². The summed E-state index contributed by atoms with van der Waals surface area (Å²) in [5.74, 6) is -5.46. The first kappa shape index (κ1) is 16.5. The molecule has 0 bridgehead atoms. The Kier molecular flexibility index (Phi) is 5.16. The van der Waals surface area contributed by atoms with Crippen LogP contribution >= 0.6 is 0 Å². The van der Waals surface area contributed by atoms with Gasteiger partial charge in [0.1, 0.15) is 0 Å². The van der Waals surface area contributed by atoms with Crippen LogP contribution in [0.25, 0.3) is 0 Å². The number of carbonyl (C=O) groups is 1. The van der Waals surface area contributed by atoms with Crippen LogP contribution in [0, 0.1) is 22.9 Å². The number of amides is 1. The van der Waals surface area contributed by atoms with Crippen molar-refractivity contribution in [2.24, 2.45) is 5.41 Å². The Morgan fingerprint density at radius 2 is 1.85 bits per heavy atom. The van der Waals surface area contributed by atoms with Crippen LogP contribution in [0.3, 0.4) is 0 Å². The quantitative estimate of drug-likeness (QED) is 0.837. The molecule has 20 heavy (non-hydrogen) atoms. The predicted octanol–water partition coefficient (Wildman–Crippen LogP) is 2.63. The third-order valence-corrected chi connectivity index (χ3v) is 2.69. The standard InChI is InChI=1S/C14H18F3NO2/c1-14(2,3)6-8(7-19)18-13(20)9-4-5-10(15)12(17)11(9)16/h4-5,8,19H,6-7H2,1-3H3,(H,18,20). The van der Waals surface area contributed by atoms with E-state index in [2.05, 4.69) is 5.32 Å². The molecule has 1 rings (SSSR count). The molecule has 0 radical (unpaired) electrons. The van der Waals surface area contributed by atoms with Crippen molar-refractivity contribution in [1.29, 1.82) is 0 Å². The Balaban J connectivity index is 2.88. The fourth-order valence-corrected chi connectivity index (χ4v) is 1.86. The minimum atomic E-state index is -1.69. The maximum Gasteiger partial charge on any atom is 0.254 e. The van der Waals surface area contributed by atoms with Crippen LogP contribution in [-0.4, -0.2) is 23.7 Å². The lowest BCUT2D eigenvalue weighted by Crippen LogP contribution is -2.40. The maximum atomic E-state index is 13.5. The van der Waals surface area contributed by atoms with Gasteiger partial charge in [-0.1, -0.05) is 20.8 Å². The smallest absolute Gasteiger partial charge is 0.254 e. The van der Waals surface area contributed by atoms with Crippen LogP contribution in [0.15, 0.2) is 12.1 Å². The predicted molar refractivity (Wildman–Crippen MR) is 68.7 cm³/mol. The fourth-order valence-electron chi connectivity index (χ4n) is 1.86. The summed E-state index contributed by atoms with van der Waals surface area (Å²) < 4.78 is 39.3. The molecule has 0 aliphatic heterocycles. The molecule has 0 saturated carbocycles. The maximum absolute atomic E-state index is 13.5. The van der Waals surface area contributed by atoms with Crippen LogP contribution in [0.2, 0.25) is 0 Å². The van der Waals surface area contributed by atoms with Gasteiger partial charge in [0.05, 0.1) is 18.2 Å². The summed E-state index contributed by atoms with van der Waals surface area (Å²) in [6.07, 6.45) is 0.459. The Bertz CT molecular complexity index is 498. The largest absolute Gasteiger partial charge is 0.394 e. The zero-order valence-corrected chi connectivity index (χ0v) is 11.6. The van der Waals surface area contributed by atoms with Gasteiger partial charge < -0.3 is 10.4 Å². The molecule has 1 amide bonds. The molecule has 0 spiro atoms. The van der Waals surface area contributed by atoms with E-state index < -0.39 is 35.0 Å². The van der Waals surface area contributed by atoms with Crippen LogP contribution in [0.1, 0.15) is 37.6 Å². The highest BCUT2D eigenvalue weighted by Gasteiger charge is 2.23.